The molecular weight excluding hydrogens is 219 g/mol. The van der Waals surface area contributed by atoms with Gasteiger partial charge in [-0.2, -0.15) is 0 Å². The SMILES string of the molecule is CC(C)=CCC(Cc1cccc(F)c1)C(=O)O. The van der Waals surface area contributed by atoms with Gasteiger partial charge >= 0.3 is 5.97 Å². The second-order valence-corrected chi connectivity index (χ2v) is 4.39. The number of carboxylic acids is 1. The number of rotatable bonds is 5. The van der Waals surface area contributed by atoms with Gasteiger partial charge in [-0.25, -0.2) is 4.39 Å². The molecule has 1 rings (SSSR count). The zero-order chi connectivity index (χ0) is 12.8. The summed E-state index contributed by atoms with van der Waals surface area (Å²) in [5.74, 6) is -1.66. The molecule has 0 aliphatic heterocycles. The summed E-state index contributed by atoms with van der Waals surface area (Å²) in [4.78, 5) is 11.1. The van der Waals surface area contributed by atoms with Gasteiger partial charge in [-0.05, 0) is 44.4 Å². The molecule has 0 spiro atoms. The standard InChI is InChI=1S/C14H17FO2/c1-10(2)6-7-12(14(16)17)8-11-4-3-5-13(15)9-11/h3-6,9,12H,7-8H2,1-2H3,(H,16,17). The largest absolute Gasteiger partial charge is 0.481 e. The van der Waals surface area contributed by atoms with Crippen molar-refractivity contribution in [2.45, 2.75) is 26.7 Å². The van der Waals surface area contributed by atoms with Crippen molar-refractivity contribution in [1.29, 1.82) is 0 Å². The molecule has 0 radical (unpaired) electrons. The van der Waals surface area contributed by atoms with Crippen molar-refractivity contribution < 1.29 is 14.3 Å². The second-order valence-electron chi connectivity index (χ2n) is 4.39. The maximum Gasteiger partial charge on any atom is 0.307 e. The summed E-state index contributed by atoms with van der Waals surface area (Å²) in [5, 5.41) is 9.09. The molecule has 1 aromatic rings. The number of aliphatic carboxylic acids is 1. The lowest BCUT2D eigenvalue weighted by molar-refractivity contribution is -0.141. The normalized spacial score (nSPS) is 11.9. The summed E-state index contributed by atoms with van der Waals surface area (Å²) in [6.07, 6.45) is 2.74. The van der Waals surface area contributed by atoms with E-state index in [1.54, 1.807) is 12.1 Å². The van der Waals surface area contributed by atoms with Crippen LogP contribution in [0.4, 0.5) is 4.39 Å². The summed E-state index contributed by atoms with van der Waals surface area (Å²) in [5.41, 5.74) is 1.81. The quantitative estimate of drug-likeness (QED) is 0.795. The molecule has 0 fully saturated rings. The molecule has 0 saturated carbocycles. The first kappa shape index (κ1) is 13.4. The Hall–Kier alpha value is -1.64. The molecule has 0 heterocycles. The van der Waals surface area contributed by atoms with Crippen LogP contribution >= 0.6 is 0 Å². The topological polar surface area (TPSA) is 37.3 Å². The highest BCUT2D eigenvalue weighted by Crippen LogP contribution is 2.15. The Kier molecular flexibility index (Phi) is 4.88. The average molecular weight is 236 g/mol. The fourth-order valence-corrected chi connectivity index (χ4v) is 1.60. The van der Waals surface area contributed by atoms with Crippen molar-refractivity contribution in [2.24, 2.45) is 5.92 Å². The van der Waals surface area contributed by atoms with Gasteiger partial charge in [0.25, 0.3) is 0 Å². The van der Waals surface area contributed by atoms with E-state index in [9.17, 15) is 9.18 Å². The Morgan fingerprint density at radius 1 is 1.47 bits per heavy atom. The lowest BCUT2D eigenvalue weighted by Crippen LogP contribution is -2.15. The molecule has 1 N–H and O–H groups in total. The van der Waals surface area contributed by atoms with Gasteiger partial charge in [0.1, 0.15) is 5.82 Å². The highest BCUT2D eigenvalue weighted by Gasteiger charge is 2.16. The molecule has 2 nitrogen and oxygen atoms in total. The van der Waals surface area contributed by atoms with Gasteiger partial charge in [-0.1, -0.05) is 23.8 Å². The van der Waals surface area contributed by atoms with Crippen molar-refractivity contribution >= 4 is 5.97 Å². The van der Waals surface area contributed by atoms with Crippen LogP contribution in [0.5, 0.6) is 0 Å². The van der Waals surface area contributed by atoms with Gasteiger partial charge in [-0.3, -0.25) is 4.79 Å². The molecule has 0 bridgehead atoms. The lowest BCUT2D eigenvalue weighted by atomic mass is 9.95. The van der Waals surface area contributed by atoms with Gasteiger partial charge in [0, 0.05) is 0 Å². The first-order valence-corrected chi connectivity index (χ1v) is 5.59. The minimum atomic E-state index is -0.841. The molecule has 0 aliphatic rings. The van der Waals surface area contributed by atoms with Crippen molar-refractivity contribution in [3.8, 4) is 0 Å². The minimum absolute atomic E-state index is 0.325. The molecule has 1 unspecified atom stereocenters. The van der Waals surface area contributed by atoms with Gasteiger partial charge in [0.15, 0.2) is 0 Å². The van der Waals surface area contributed by atoms with E-state index < -0.39 is 11.9 Å². The molecule has 0 saturated heterocycles. The van der Waals surface area contributed by atoms with Crippen molar-refractivity contribution in [2.75, 3.05) is 0 Å². The Bertz CT molecular complexity index is 420. The van der Waals surface area contributed by atoms with Crippen LogP contribution in [0.15, 0.2) is 35.9 Å². The summed E-state index contributed by atoms with van der Waals surface area (Å²) in [6, 6.07) is 6.10. The minimum Gasteiger partial charge on any atom is -0.481 e. The van der Waals surface area contributed by atoms with E-state index in [0.717, 1.165) is 11.1 Å². The predicted molar refractivity (Wildman–Crippen MR) is 65.3 cm³/mol. The number of hydrogen-bond donors (Lipinski definition) is 1. The summed E-state index contributed by atoms with van der Waals surface area (Å²) in [7, 11) is 0. The molecular formula is C14H17FO2. The molecule has 0 aliphatic carbocycles. The van der Waals surface area contributed by atoms with Crippen LogP contribution in [-0.2, 0) is 11.2 Å². The van der Waals surface area contributed by atoms with Crippen LogP contribution in [0.3, 0.4) is 0 Å². The summed E-state index contributed by atoms with van der Waals surface area (Å²) >= 11 is 0. The number of halogens is 1. The third-order valence-corrected chi connectivity index (χ3v) is 2.53. The molecule has 1 atom stereocenters. The number of carbonyl (C=O) groups is 1. The molecule has 92 valence electrons. The number of hydrogen-bond acceptors (Lipinski definition) is 1. The fraction of sp³-hybridized carbons (Fsp3) is 0.357. The van der Waals surface area contributed by atoms with Crippen LogP contribution in [0, 0.1) is 11.7 Å². The van der Waals surface area contributed by atoms with E-state index in [2.05, 4.69) is 0 Å². The molecule has 0 amide bonds. The Labute approximate surface area is 101 Å². The Morgan fingerprint density at radius 2 is 2.18 bits per heavy atom. The fourth-order valence-electron chi connectivity index (χ4n) is 1.60. The van der Waals surface area contributed by atoms with Crippen molar-refractivity contribution in [3.63, 3.8) is 0 Å². The van der Waals surface area contributed by atoms with Crippen molar-refractivity contribution in [3.05, 3.63) is 47.3 Å². The van der Waals surface area contributed by atoms with Crippen LogP contribution in [0.25, 0.3) is 0 Å². The first-order valence-electron chi connectivity index (χ1n) is 5.59. The smallest absolute Gasteiger partial charge is 0.307 e. The maximum absolute atomic E-state index is 13.0. The first-order chi connectivity index (χ1) is 7.99. The average Bonchev–Trinajstić information content (AvgIpc) is 2.23. The van der Waals surface area contributed by atoms with E-state index in [4.69, 9.17) is 5.11 Å². The second kappa shape index (κ2) is 6.18. The monoisotopic (exact) mass is 236 g/mol. The van der Waals surface area contributed by atoms with Crippen LogP contribution in [-0.4, -0.2) is 11.1 Å². The molecule has 3 heteroatoms. The van der Waals surface area contributed by atoms with Crippen LogP contribution in [0.1, 0.15) is 25.8 Å². The number of allylic oxidation sites excluding steroid dienone is 2. The zero-order valence-electron chi connectivity index (χ0n) is 10.1. The van der Waals surface area contributed by atoms with E-state index in [0.29, 0.717) is 12.8 Å². The van der Waals surface area contributed by atoms with E-state index in [-0.39, 0.29) is 5.82 Å². The summed E-state index contributed by atoms with van der Waals surface area (Å²) in [6.45, 7) is 3.86. The summed E-state index contributed by atoms with van der Waals surface area (Å²) < 4.78 is 13.0. The molecule has 17 heavy (non-hydrogen) atoms. The Morgan fingerprint density at radius 3 is 2.71 bits per heavy atom. The van der Waals surface area contributed by atoms with Crippen LogP contribution in [0.2, 0.25) is 0 Å². The van der Waals surface area contributed by atoms with E-state index in [1.807, 2.05) is 19.9 Å². The third kappa shape index (κ3) is 4.81. The Balaban J connectivity index is 2.73. The lowest BCUT2D eigenvalue weighted by Gasteiger charge is -2.10. The van der Waals surface area contributed by atoms with Gasteiger partial charge in [0.05, 0.1) is 5.92 Å². The van der Waals surface area contributed by atoms with Gasteiger partial charge in [-0.15, -0.1) is 0 Å². The number of carboxylic acid groups (broad SMARTS) is 1. The molecule has 1 aromatic carbocycles. The highest BCUT2D eigenvalue weighted by molar-refractivity contribution is 5.70. The number of benzene rings is 1. The predicted octanol–water partition coefficient (Wildman–Crippen LogP) is 3.43. The highest BCUT2D eigenvalue weighted by atomic mass is 19.1. The third-order valence-electron chi connectivity index (χ3n) is 2.53. The van der Waals surface area contributed by atoms with Crippen LogP contribution < -0.4 is 0 Å². The maximum atomic E-state index is 13.0. The van der Waals surface area contributed by atoms with Gasteiger partial charge in [0.2, 0.25) is 0 Å². The molecule has 0 aromatic heterocycles. The van der Waals surface area contributed by atoms with Crippen molar-refractivity contribution in [1.82, 2.24) is 0 Å². The van der Waals surface area contributed by atoms with E-state index >= 15 is 0 Å². The van der Waals surface area contributed by atoms with Gasteiger partial charge < -0.3 is 5.11 Å². The zero-order valence-corrected chi connectivity index (χ0v) is 10.1. The van der Waals surface area contributed by atoms with E-state index in [1.165, 1.54) is 12.1 Å².